The quantitative estimate of drug-likeness (QED) is 0.608. The maximum Gasteiger partial charge on any atom is 0.389 e. The molecule has 0 rings (SSSR count). The summed E-state index contributed by atoms with van der Waals surface area (Å²) in [6.45, 7) is 4.30. The zero-order chi connectivity index (χ0) is 12.4. The first-order chi connectivity index (χ1) is 7.49. The van der Waals surface area contributed by atoms with Crippen molar-refractivity contribution in [2.45, 2.75) is 45.2 Å². The molecular weight excluding hydrogens is 217 g/mol. The largest absolute Gasteiger partial charge is 0.389 e. The van der Waals surface area contributed by atoms with Crippen LogP contribution in [0.25, 0.3) is 0 Å². The molecule has 0 saturated carbocycles. The molecule has 0 aliphatic carbocycles. The minimum atomic E-state index is -4.01. The third kappa shape index (κ3) is 10.2. The molecule has 0 bridgehead atoms. The van der Waals surface area contributed by atoms with Gasteiger partial charge >= 0.3 is 6.18 Å². The summed E-state index contributed by atoms with van der Waals surface area (Å²) in [5, 5.41) is 3.15. The molecule has 0 aromatic carbocycles. The van der Waals surface area contributed by atoms with E-state index in [1.54, 1.807) is 0 Å². The first kappa shape index (κ1) is 15.7. The Morgan fingerprint density at radius 2 is 1.88 bits per heavy atom. The van der Waals surface area contributed by atoms with Crippen molar-refractivity contribution in [2.75, 3.05) is 19.6 Å². The molecule has 98 valence electrons. The van der Waals surface area contributed by atoms with Crippen LogP contribution in [0, 0.1) is 5.92 Å². The molecular formula is C11H23F3N2. The molecule has 0 heterocycles. The van der Waals surface area contributed by atoms with Gasteiger partial charge in [0.05, 0.1) is 0 Å². The van der Waals surface area contributed by atoms with E-state index in [1.807, 2.05) is 0 Å². The lowest BCUT2D eigenvalue weighted by atomic mass is 10.0. The molecule has 3 N–H and O–H groups in total. The number of halogens is 3. The maximum atomic E-state index is 11.8. The highest BCUT2D eigenvalue weighted by molar-refractivity contribution is 4.60. The van der Waals surface area contributed by atoms with Crippen molar-refractivity contribution in [2.24, 2.45) is 11.7 Å². The second kappa shape index (κ2) is 8.82. The summed E-state index contributed by atoms with van der Waals surface area (Å²) in [5.74, 6) is 0.530. The third-order valence-corrected chi connectivity index (χ3v) is 2.70. The first-order valence-electron chi connectivity index (χ1n) is 5.97. The normalized spacial score (nSPS) is 14.1. The van der Waals surface area contributed by atoms with Gasteiger partial charge in [-0.1, -0.05) is 13.3 Å². The van der Waals surface area contributed by atoms with Crippen molar-refractivity contribution >= 4 is 0 Å². The second-order valence-corrected chi connectivity index (χ2v) is 4.12. The van der Waals surface area contributed by atoms with Gasteiger partial charge in [0.15, 0.2) is 0 Å². The van der Waals surface area contributed by atoms with Crippen LogP contribution in [0.3, 0.4) is 0 Å². The standard InChI is InChI=1S/C11H23F3N2/c1-2-10(9-15)5-8-16-7-4-3-6-11(12,13)14/h10,16H,2-9,15H2,1H3. The number of nitrogens with two attached hydrogens (primary N) is 1. The van der Waals surface area contributed by atoms with E-state index in [-0.39, 0.29) is 6.42 Å². The first-order valence-corrected chi connectivity index (χ1v) is 5.97. The summed E-state index contributed by atoms with van der Waals surface area (Å²) in [4.78, 5) is 0. The fourth-order valence-electron chi connectivity index (χ4n) is 1.50. The highest BCUT2D eigenvalue weighted by atomic mass is 19.4. The van der Waals surface area contributed by atoms with E-state index in [0.717, 1.165) is 19.4 Å². The van der Waals surface area contributed by atoms with Crippen LogP contribution in [0.2, 0.25) is 0 Å². The van der Waals surface area contributed by atoms with E-state index in [4.69, 9.17) is 5.73 Å². The van der Waals surface area contributed by atoms with E-state index in [1.165, 1.54) is 0 Å². The Morgan fingerprint density at radius 1 is 1.19 bits per heavy atom. The molecule has 0 aliphatic heterocycles. The molecule has 0 amide bonds. The van der Waals surface area contributed by atoms with Gasteiger partial charge in [-0.05, 0) is 44.8 Å². The molecule has 1 unspecified atom stereocenters. The average molecular weight is 240 g/mol. The fourth-order valence-corrected chi connectivity index (χ4v) is 1.50. The van der Waals surface area contributed by atoms with Crippen molar-refractivity contribution in [3.05, 3.63) is 0 Å². The zero-order valence-electron chi connectivity index (χ0n) is 9.95. The van der Waals surface area contributed by atoms with Gasteiger partial charge in [0.2, 0.25) is 0 Å². The average Bonchev–Trinajstić information content (AvgIpc) is 2.21. The molecule has 1 atom stereocenters. The number of rotatable bonds is 9. The van der Waals surface area contributed by atoms with E-state index in [2.05, 4.69) is 12.2 Å². The van der Waals surface area contributed by atoms with Crippen molar-refractivity contribution in [1.82, 2.24) is 5.32 Å². The van der Waals surface area contributed by atoms with E-state index in [0.29, 0.717) is 25.4 Å². The maximum absolute atomic E-state index is 11.8. The summed E-state index contributed by atoms with van der Waals surface area (Å²) < 4.78 is 35.4. The van der Waals surface area contributed by atoms with Crippen LogP contribution >= 0.6 is 0 Å². The van der Waals surface area contributed by atoms with Crippen molar-refractivity contribution in [3.63, 3.8) is 0 Å². The van der Waals surface area contributed by atoms with Crippen LogP contribution in [-0.4, -0.2) is 25.8 Å². The second-order valence-electron chi connectivity index (χ2n) is 4.12. The number of nitrogens with one attached hydrogen (secondary N) is 1. The minimum absolute atomic E-state index is 0.213. The lowest BCUT2D eigenvalue weighted by Gasteiger charge is -2.12. The number of hydrogen-bond donors (Lipinski definition) is 2. The predicted molar refractivity (Wildman–Crippen MR) is 60.2 cm³/mol. The Hall–Kier alpha value is -0.290. The van der Waals surface area contributed by atoms with Gasteiger partial charge in [0, 0.05) is 6.42 Å². The number of hydrogen-bond acceptors (Lipinski definition) is 2. The van der Waals surface area contributed by atoms with Gasteiger partial charge < -0.3 is 11.1 Å². The van der Waals surface area contributed by atoms with Crippen LogP contribution in [0.4, 0.5) is 13.2 Å². The Morgan fingerprint density at radius 3 is 2.38 bits per heavy atom. The summed E-state index contributed by atoms with van der Waals surface area (Å²) in [5.41, 5.74) is 5.54. The van der Waals surface area contributed by atoms with Gasteiger partial charge in [-0.15, -0.1) is 0 Å². The van der Waals surface area contributed by atoms with E-state index >= 15 is 0 Å². The van der Waals surface area contributed by atoms with Crippen LogP contribution in [-0.2, 0) is 0 Å². The van der Waals surface area contributed by atoms with Crippen LogP contribution in [0.1, 0.15) is 39.0 Å². The molecule has 0 spiro atoms. The van der Waals surface area contributed by atoms with Crippen LogP contribution < -0.4 is 11.1 Å². The van der Waals surface area contributed by atoms with Crippen molar-refractivity contribution in [1.29, 1.82) is 0 Å². The lowest BCUT2D eigenvalue weighted by Crippen LogP contribution is -2.23. The molecule has 0 fully saturated rings. The van der Waals surface area contributed by atoms with Crippen molar-refractivity contribution in [3.8, 4) is 0 Å². The van der Waals surface area contributed by atoms with Crippen LogP contribution in [0.15, 0.2) is 0 Å². The number of alkyl halides is 3. The topological polar surface area (TPSA) is 38.0 Å². The summed E-state index contributed by atoms with van der Waals surface area (Å²) in [7, 11) is 0. The Balaban J connectivity index is 3.21. The zero-order valence-corrected chi connectivity index (χ0v) is 9.95. The van der Waals surface area contributed by atoms with Gasteiger partial charge in [-0.2, -0.15) is 13.2 Å². The fraction of sp³-hybridized carbons (Fsp3) is 1.00. The van der Waals surface area contributed by atoms with Crippen LogP contribution in [0.5, 0.6) is 0 Å². The Labute approximate surface area is 95.8 Å². The number of unbranched alkanes of at least 4 members (excludes halogenated alkanes) is 1. The predicted octanol–water partition coefficient (Wildman–Crippen LogP) is 2.68. The summed E-state index contributed by atoms with van der Waals surface area (Å²) in [6, 6.07) is 0. The van der Waals surface area contributed by atoms with E-state index in [9.17, 15) is 13.2 Å². The van der Waals surface area contributed by atoms with Crippen molar-refractivity contribution < 1.29 is 13.2 Å². The summed E-state index contributed by atoms with van der Waals surface area (Å²) >= 11 is 0. The molecule has 0 saturated heterocycles. The molecule has 0 aliphatic rings. The highest BCUT2D eigenvalue weighted by Gasteiger charge is 2.25. The Bertz CT molecular complexity index is 156. The molecule has 5 heteroatoms. The molecule has 0 aromatic rings. The molecule has 0 aromatic heterocycles. The summed E-state index contributed by atoms with van der Waals surface area (Å²) in [6.07, 6.45) is -1.82. The Kier molecular flexibility index (Phi) is 8.66. The molecule has 0 radical (unpaired) electrons. The SMILES string of the molecule is CCC(CN)CCNCCCCC(F)(F)F. The van der Waals surface area contributed by atoms with E-state index < -0.39 is 12.6 Å². The molecule has 2 nitrogen and oxygen atoms in total. The third-order valence-electron chi connectivity index (χ3n) is 2.70. The van der Waals surface area contributed by atoms with Gasteiger partial charge in [-0.3, -0.25) is 0 Å². The lowest BCUT2D eigenvalue weighted by molar-refractivity contribution is -0.135. The highest BCUT2D eigenvalue weighted by Crippen LogP contribution is 2.21. The van der Waals surface area contributed by atoms with Gasteiger partial charge in [0.1, 0.15) is 0 Å². The van der Waals surface area contributed by atoms with Gasteiger partial charge in [0.25, 0.3) is 0 Å². The molecule has 16 heavy (non-hydrogen) atoms. The minimum Gasteiger partial charge on any atom is -0.330 e. The smallest absolute Gasteiger partial charge is 0.330 e. The van der Waals surface area contributed by atoms with Gasteiger partial charge in [-0.25, -0.2) is 0 Å². The monoisotopic (exact) mass is 240 g/mol.